The standard InChI is InChI=1S/C61H110O6/c1-4-7-10-13-16-19-22-24-26-28-29-30-31-33-35-37-40-43-46-49-52-55-61(64)67-58(56-65-59(62)53-50-47-44-41-38-21-18-15-12-9-6-3)57-66-60(63)54-51-48-45-42-39-36-34-32-27-25-23-20-17-14-11-8-5-2/h15,17-18,20,24-27,58H,4-14,16,19,21-23,28-57H2,1-3H3/b18-15-,20-17-,26-24-,27-25-/t58-/m0/s1. The number of allylic oxidation sites excluding steroid dienone is 8. The molecule has 0 bridgehead atoms. The Labute approximate surface area is 416 Å². The number of rotatable bonds is 53. The minimum atomic E-state index is -0.779. The van der Waals surface area contributed by atoms with Crippen LogP contribution in [0.15, 0.2) is 48.6 Å². The number of ether oxygens (including phenoxy) is 3. The third-order valence-electron chi connectivity index (χ3n) is 12.8. The molecule has 0 aromatic rings. The van der Waals surface area contributed by atoms with Gasteiger partial charge in [-0.15, -0.1) is 0 Å². The molecular formula is C61H110O6. The lowest BCUT2D eigenvalue weighted by Crippen LogP contribution is -2.30. The third kappa shape index (κ3) is 54.2. The molecule has 0 radical (unpaired) electrons. The molecular weight excluding hydrogens is 829 g/mol. The monoisotopic (exact) mass is 939 g/mol. The van der Waals surface area contributed by atoms with Gasteiger partial charge in [0.25, 0.3) is 0 Å². The van der Waals surface area contributed by atoms with E-state index in [0.717, 1.165) is 77.0 Å². The first kappa shape index (κ1) is 64.4. The molecule has 0 fully saturated rings. The van der Waals surface area contributed by atoms with Crippen molar-refractivity contribution in [3.05, 3.63) is 48.6 Å². The lowest BCUT2D eigenvalue weighted by molar-refractivity contribution is -0.167. The van der Waals surface area contributed by atoms with Gasteiger partial charge in [0, 0.05) is 19.3 Å². The topological polar surface area (TPSA) is 78.9 Å². The maximum atomic E-state index is 12.9. The summed E-state index contributed by atoms with van der Waals surface area (Å²) in [6.07, 6.45) is 68.2. The summed E-state index contributed by atoms with van der Waals surface area (Å²) in [4.78, 5) is 38.1. The Morgan fingerprint density at radius 2 is 0.552 bits per heavy atom. The van der Waals surface area contributed by atoms with Gasteiger partial charge in [-0.2, -0.15) is 0 Å². The summed E-state index contributed by atoms with van der Waals surface area (Å²) in [6, 6.07) is 0. The van der Waals surface area contributed by atoms with Gasteiger partial charge in [0.2, 0.25) is 0 Å². The number of hydrogen-bond donors (Lipinski definition) is 0. The fraction of sp³-hybridized carbons (Fsp3) is 0.820. The van der Waals surface area contributed by atoms with Gasteiger partial charge in [-0.05, 0) is 96.3 Å². The normalized spacial score (nSPS) is 12.3. The molecule has 0 saturated carbocycles. The zero-order valence-electron chi connectivity index (χ0n) is 44.7. The molecule has 6 heteroatoms. The Morgan fingerprint density at radius 3 is 0.910 bits per heavy atom. The van der Waals surface area contributed by atoms with Gasteiger partial charge in [-0.25, -0.2) is 0 Å². The average molecular weight is 940 g/mol. The SMILES string of the molecule is CCCC/C=C\CCCCCCCC(=O)OC[C@@H](COC(=O)CCCCCCCCC/C=C\C/C=C\CCCCC)OC(=O)CCCCCCCCCCCCC/C=C\CCCCCCCC. The smallest absolute Gasteiger partial charge is 0.306 e. The van der Waals surface area contributed by atoms with E-state index in [2.05, 4.69) is 69.4 Å². The highest BCUT2D eigenvalue weighted by Crippen LogP contribution is 2.16. The molecule has 0 aromatic heterocycles. The summed E-state index contributed by atoms with van der Waals surface area (Å²) in [7, 11) is 0. The van der Waals surface area contributed by atoms with Crippen molar-refractivity contribution in [3.8, 4) is 0 Å². The summed E-state index contributed by atoms with van der Waals surface area (Å²) in [5.74, 6) is -0.884. The molecule has 0 aliphatic heterocycles. The minimum absolute atomic E-state index is 0.0786. The molecule has 0 saturated heterocycles. The van der Waals surface area contributed by atoms with Crippen molar-refractivity contribution in [2.75, 3.05) is 13.2 Å². The second-order valence-electron chi connectivity index (χ2n) is 19.5. The van der Waals surface area contributed by atoms with Crippen LogP contribution >= 0.6 is 0 Å². The number of unbranched alkanes of at least 4 members (excludes halogenated alkanes) is 34. The fourth-order valence-electron chi connectivity index (χ4n) is 8.33. The molecule has 0 amide bonds. The molecule has 0 heterocycles. The van der Waals surface area contributed by atoms with Gasteiger partial charge >= 0.3 is 17.9 Å². The first-order chi connectivity index (χ1) is 33.0. The first-order valence-electron chi connectivity index (χ1n) is 29.1. The molecule has 1 atom stereocenters. The first-order valence-corrected chi connectivity index (χ1v) is 29.1. The highest BCUT2D eigenvalue weighted by atomic mass is 16.6. The predicted molar refractivity (Wildman–Crippen MR) is 289 cm³/mol. The van der Waals surface area contributed by atoms with Crippen molar-refractivity contribution < 1.29 is 28.6 Å². The molecule has 0 aromatic carbocycles. The molecule has 390 valence electrons. The summed E-state index contributed by atoms with van der Waals surface area (Å²) < 4.78 is 16.8. The number of hydrogen-bond acceptors (Lipinski definition) is 6. The second kappa shape index (κ2) is 56.0. The van der Waals surface area contributed by atoms with Crippen LogP contribution in [0, 0.1) is 0 Å². The summed E-state index contributed by atoms with van der Waals surface area (Å²) in [6.45, 7) is 6.59. The number of carbonyl (C=O) groups excluding carboxylic acids is 3. The maximum absolute atomic E-state index is 12.9. The fourth-order valence-corrected chi connectivity index (χ4v) is 8.33. The van der Waals surface area contributed by atoms with E-state index in [0.29, 0.717) is 19.3 Å². The Hall–Kier alpha value is -2.63. The van der Waals surface area contributed by atoms with Crippen LogP contribution in [0.4, 0.5) is 0 Å². The number of carbonyl (C=O) groups is 3. The Balaban J connectivity index is 4.31. The minimum Gasteiger partial charge on any atom is -0.462 e. The summed E-state index contributed by atoms with van der Waals surface area (Å²) in [5.41, 5.74) is 0. The van der Waals surface area contributed by atoms with E-state index < -0.39 is 6.10 Å². The predicted octanol–water partition coefficient (Wildman–Crippen LogP) is 19.4. The molecule has 0 aliphatic carbocycles. The van der Waals surface area contributed by atoms with Crippen molar-refractivity contribution in [2.45, 2.75) is 309 Å². The van der Waals surface area contributed by atoms with E-state index in [-0.39, 0.29) is 31.1 Å². The van der Waals surface area contributed by atoms with E-state index in [4.69, 9.17) is 14.2 Å². The van der Waals surface area contributed by atoms with Crippen LogP contribution < -0.4 is 0 Å². The molecule has 0 aliphatic rings. The van der Waals surface area contributed by atoms with Crippen LogP contribution in [0.2, 0.25) is 0 Å². The van der Waals surface area contributed by atoms with Crippen LogP contribution in [0.1, 0.15) is 303 Å². The number of esters is 3. The van der Waals surface area contributed by atoms with E-state index in [1.54, 1.807) is 0 Å². The zero-order chi connectivity index (χ0) is 48.6. The summed E-state index contributed by atoms with van der Waals surface area (Å²) in [5, 5.41) is 0. The lowest BCUT2D eigenvalue weighted by atomic mass is 10.0. The van der Waals surface area contributed by atoms with Crippen molar-refractivity contribution in [1.82, 2.24) is 0 Å². The Morgan fingerprint density at radius 1 is 0.299 bits per heavy atom. The molecule has 0 spiro atoms. The van der Waals surface area contributed by atoms with Gasteiger partial charge in [0.15, 0.2) is 6.10 Å². The highest BCUT2D eigenvalue weighted by molar-refractivity contribution is 5.71. The van der Waals surface area contributed by atoms with Gasteiger partial charge in [-0.3, -0.25) is 14.4 Å². The maximum Gasteiger partial charge on any atom is 0.306 e. The summed E-state index contributed by atoms with van der Waals surface area (Å²) >= 11 is 0. The largest absolute Gasteiger partial charge is 0.462 e. The highest BCUT2D eigenvalue weighted by Gasteiger charge is 2.19. The van der Waals surface area contributed by atoms with E-state index >= 15 is 0 Å². The van der Waals surface area contributed by atoms with Crippen LogP contribution in [0.5, 0.6) is 0 Å². The van der Waals surface area contributed by atoms with Gasteiger partial charge < -0.3 is 14.2 Å². The van der Waals surface area contributed by atoms with Crippen molar-refractivity contribution in [3.63, 3.8) is 0 Å². The van der Waals surface area contributed by atoms with Crippen molar-refractivity contribution in [1.29, 1.82) is 0 Å². The van der Waals surface area contributed by atoms with E-state index in [1.165, 1.54) is 186 Å². The third-order valence-corrected chi connectivity index (χ3v) is 12.8. The van der Waals surface area contributed by atoms with E-state index in [9.17, 15) is 14.4 Å². The molecule has 0 N–H and O–H groups in total. The van der Waals surface area contributed by atoms with Crippen molar-refractivity contribution in [2.24, 2.45) is 0 Å². The Kier molecular flexibility index (Phi) is 53.8. The van der Waals surface area contributed by atoms with Gasteiger partial charge in [0.05, 0.1) is 0 Å². The molecule has 6 nitrogen and oxygen atoms in total. The quantitative estimate of drug-likeness (QED) is 0.0262. The lowest BCUT2D eigenvalue weighted by Gasteiger charge is -2.18. The second-order valence-corrected chi connectivity index (χ2v) is 19.5. The van der Waals surface area contributed by atoms with Crippen LogP contribution in [0.25, 0.3) is 0 Å². The molecule has 0 rings (SSSR count). The van der Waals surface area contributed by atoms with Crippen molar-refractivity contribution >= 4 is 17.9 Å². The van der Waals surface area contributed by atoms with Crippen LogP contribution in [-0.4, -0.2) is 37.2 Å². The molecule has 0 unspecified atom stereocenters. The van der Waals surface area contributed by atoms with Gasteiger partial charge in [0.1, 0.15) is 13.2 Å². The Bertz CT molecular complexity index is 1170. The van der Waals surface area contributed by atoms with Crippen LogP contribution in [0.3, 0.4) is 0 Å². The van der Waals surface area contributed by atoms with E-state index in [1.807, 2.05) is 0 Å². The average Bonchev–Trinajstić information content (AvgIpc) is 3.33. The van der Waals surface area contributed by atoms with Crippen LogP contribution in [-0.2, 0) is 28.6 Å². The van der Waals surface area contributed by atoms with Gasteiger partial charge in [-0.1, -0.05) is 236 Å². The molecule has 67 heavy (non-hydrogen) atoms. The zero-order valence-corrected chi connectivity index (χ0v) is 44.7.